The zero-order chi connectivity index (χ0) is 18.0. The molecule has 1 amide bonds. The Labute approximate surface area is 147 Å². The Morgan fingerprint density at radius 3 is 2.84 bits per heavy atom. The third kappa shape index (κ3) is 3.69. The number of aliphatic hydroxyl groups is 1. The largest absolute Gasteiger partial charge is 0.465 e. The van der Waals surface area contributed by atoms with Gasteiger partial charge in [-0.15, -0.1) is 0 Å². The fourth-order valence-electron chi connectivity index (χ4n) is 3.83. The van der Waals surface area contributed by atoms with Gasteiger partial charge in [-0.3, -0.25) is 9.59 Å². The maximum atomic E-state index is 12.3. The molecule has 3 atom stereocenters. The lowest BCUT2D eigenvalue weighted by Crippen LogP contribution is -2.35. The quantitative estimate of drug-likeness (QED) is 0.414. The number of carbonyl (C=O) groups is 2. The van der Waals surface area contributed by atoms with Crippen molar-refractivity contribution in [1.82, 2.24) is 5.32 Å². The van der Waals surface area contributed by atoms with Crippen LogP contribution in [-0.4, -0.2) is 36.4 Å². The van der Waals surface area contributed by atoms with E-state index < -0.39 is 11.6 Å². The van der Waals surface area contributed by atoms with E-state index >= 15 is 0 Å². The summed E-state index contributed by atoms with van der Waals surface area (Å²) in [4.78, 5) is 23.2. The molecule has 0 aromatic heterocycles. The SMILES string of the molecule is C=C1CC2COC(=O)C2(Cc2ccc(NC(O)CNC(C)=O)cc2)C1. The van der Waals surface area contributed by atoms with Gasteiger partial charge in [0.05, 0.1) is 18.6 Å². The summed E-state index contributed by atoms with van der Waals surface area (Å²) in [5.41, 5.74) is 2.47. The van der Waals surface area contributed by atoms with Crippen molar-refractivity contribution >= 4 is 17.6 Å². The number of allylic oxidation sites excluding steroid dienone is 1. The molecule has 3 rings (SSSR count). The summed E-state index contributed by atoms with van der Waals surface area (Å²) in [6.45, 7) is 6.09. The number of esters is 1. The molecule has 25 heavy (non-hydrogen) atoms. The van der Waals surface area contributed by atoms with E-state index in [4.69, 9.17) is 4.74 Å². The first kappa shape index (κ1) is 17.5. The van der Waals surface area contributed by atoms with Crippen LogP contribution in [0.25, 0.3) is 0 Å². The number of aliphatic hydroxyl groups excluding tert-OH is 1. The van der Waals surface area contributed by atoms with Crippen LogP contribution in [0.2, 0.25) is 0 Å². The molecule has 6 heteroatoms. The van der Waals surface area contributed by atoms with Crippen molar-refractivity contribution in [3.05, 3.63) is 42.0 Å². The summed E-state index contributed by atoms with van der Waals surface area (Å²) in [7, 11) is 0. The van der Waals surface area contributed by atoms with Gasteiger partial charge >= 0.3 is 5.97 Å². The maximum Gasteiger partial charge on any atom is 0.313 e. The minimum atomic E-state index is -0.860. The van der Waals surface area contributed by atoms with E-state index in [1.54, 1.807) is 0 Å². The number of hydrogen-bond acceptors (Lipinski definition) is 5. The summed E-state index contributed by atoms with van der Waals surface area (Å²) in [6.07, 6.45) is 1.34. The van der Waals surface area contributed by atoms with Crippen LogP contribution in [0, 0.1) is 11.3 Å². The van der Waals surface area contributed by atoms with Crippen LogP contribution in [0.5, 0.6) is 0 Å². The Hall–Kier alpha value is -2.34. The lowest BCUT2D eigenvalue weighted by atomic mass is 9.75. The molecular formula is C19H24N2O4. The zero-order valence-electron chi connectivity index (χ0n) is 14.4. The van der Waals surface area contributed by atoms with E-state index in [1.165, 1.54) is 6.92 Å². The fourth-order valence-corrected chi connectivity index (χ4v) is 3.83. The average Bonchev–Trinajstić information content (AvgIpc) is 3.02. The number of fused-ring (bicyclic) bond motifs is 1. The highest BCUT2D eigenvalue weighted by molar-refractivity contribution is 5.81. The van der Waals surface area contributed by atoms with Gasteiger partial charge in [-0.25, -0.2) is 0 Å². The maximum absolute atomic E-state index is 12.3. The van der Waals surface area contributed by atoms with Crippen LogP contribution >= 0.6 is 0 Å². The smallest absolute Gasteiger partial charge is 0.313 e. The summed E-state index contributed by atoms with van der Waals surface area (Å²) >= 11 is 0. The molecule has 3 unspecified atom stereocenters. The zero-order valence-corrected chi connectivity index (χ0v) is 14.4. The minimum absolute atomic E-state index is 0.107. The van der Waals surface area contributed by atoms with Gasteiger partial charge in [-0.05, 0) is 37.0 Å². The van der Waals surface area contributed by atoms with Crippen LogP contribution in [0.1, 0.15) is 25.3 Å². The van der Waals surface area contributed by atoms with Gasteiger partial charge in [0, 0.05) is 18.5 Å². The van der Waals surface area contributed by atoms with Gasteiger partial charge in [0.15, 0.2) is 0 Å². The van der Waals surface area contributed by atoms with Gasteiger partial charge in [0.1, 0.15) is 6.23 Å². The number of amides is 1. The third-order valence-electron chi connectivity index (χ3n) is 5.06. The predicted octanol–water partition coefficient (Wildman–Crippen LogP) is 1.60. The molecule has 1 heterocycles. The highest BCUT2D eigenvalue weighted by Gasteiger charge is 2.55. The molecule has 0 spiro atoms. The second kappa shape index (κ2) is 6.88. The Morgan fingerprint density at radius 2 is 2.16 bits per heavy atom. The van der Waals surface area contributed by atoms with Gasteiger partial charge in [0.25, 0.3) is 0 Å². The molecule has 0 radical (unpaired) electrons. The fraction of sp³-hybridized carbons (Fsp3) is 0.474. The molecule has 1 aromatic carbocycles. The summed E-state index contributed by atoms with van der Waals surface area (Å²) in [5.74, 6) is -0.0690. The minimum Gasteiger partial charge on any atom is -0.465 e. The molecule has 6 nitrogen and oxygen atoms in total. The first-order chi connectivity index (χ1) is 11.9. The standard InChI is InChI=1S/C19H24N2O4/c1-12-7-15-11-25-18(24)19(15,8-12)9-14-3-5-16(6-4-14)21-17(23)10-20-13(2)22/h3-6,15,17,21,23H,1,7-11H2,2H3,(H,20,22). The van der Waals surface area contributed by atoms with Crippen LogP contribution in [0.15, 0.2) is 36.4 Å². The van der Waals surface area contributed by atoms with E-state index in [0.717, 1.165) is 23.2 Å². The van der Waals surface area contributed by atoms with E-state index in [1.807, 2.05) is 24.3 Å². The summed E-state index contributed by atoms with van der Waals surface area (Å²) < 4.78 is 5.31. The number of hydrogen-bond donors (Lipinski definition) is 3. The topological polar surface area (TPSA) is 87.7 Å². The molecule has 1 aliphatic heterocycles. The molecule has 3 N–H and O–H groups in total. The van der Waals surface area contributed by atoms with Crippen molar-refractivity contribution in [2.24, 2.45) is 11.3 Å². The Balaban J connectivity index is 1.64. The number of nitrogens with one attached hydrogen (secondary N) is 2. The van der Waals surface area contributed by atoms with E-state index in [-0.39, 0.29) is 24.3 Å². The predicted molar refractivity (Wildman–Crippen MR) is 93.7 cm³/mol. The lowest BCUT2D eigenvalue weighted by molar-refractivity contribution is -0.146. The van der Waals surface area contributed by atoms with Crippen molar-refractivity contribution in [1.29, 1.82) is 0 Å². The number of cyclic esters (lactones) is 1. The van der Waals surface area contributed by atoms with Gasteiger partial charge in [-0.2, -0.15) is 0 Å². The van der Waals surface area contributed by atoms with Crippen LogP contribution < -0.4 is 10.6 Å². The number of ether oxygens (including phenoxy) is 1. The van der Waals surface area contributed by atoms with Crippen molar-refractivity contribution < 1.29 is 19.4 Å². The Bertz CT molecular complexity index is 685. The van der Waals surface area contributed by atoms with Crippen molar-refractivity contribution in [3.8, 4) is 0 Å². The molecule has 1 aliphatic carbocycles. The van der Waals surface area contributed by atoms with Gasteiger partial charge in [-0.1, -0.05) is 24.3 Å². The molecule has 2 aliphatic rings. The molecule has 0 bridgehead atoms. The Morgan fingerprint density at radius 1 is 1.44 bits per heavy atom. The summed E-state index contributed by atoms with van der Waals surface area (Å²) in [6, 6.07) is 7.63. The first-order valence-corrected chi connectivity index (χ1v) is 8.51. The number of benzene rings is 1. The number of rotatable bonds is 6. The average molecular weight is 344 g/mol. The van der Waals surface area contributed by atoms with E-state index in [9.17, 15) is 14.7 Å². The molecule has 134 valence electrons. The monoisotopic (exact) mass is 344 g/mol. The van der Waals surface area contributed by atoms with E-state index in [0.29, 0.717) is 19.4 Å². The lowest BCUT2D eigenvalue weighted by Gasteiger charge is -2.24. The molecule has 1 saturated heterocycles. The number of carbonyl (C=O) groups excluding carboxylic acids is 2. The van der Waals surface area contributed by atoms with Gasteiger partial charge in [0.2, 0.25) is 5.91 Å². The van der Waals surface area contributed by atoms with Crippen molar-refractivity contribution in [2.45, 2.75) is 32.4 Å². The normalized spacial score (nSPS) is 26.1. The second-order valence-corrected chi connectivity index (χ2v) is 7.05. The van der Waals surface area contributed by atoms with Crippen LogP contribution in [-0.2, 0) is 20.7 Å². The van der Waals surface area contributed by atoms with Crippen molar-refractivity contribution in [2.75, 3.05) is 18.5 Å². The molecule has 1 aromatic rings. The van der Waals surface area contributed by atoms with Crippen LogP contribution in [0.3, 0.4) is 0 Å². The molecular weight excluding hydrogens is 320 g/mol. The second-order valence-electron chi connectivity index (χ2n) is 7.05. The third-order valence-corrected chi connectivity index (χ3v) is 5.06. The molecule has 1 saturated carbocycles. The number of anilines is 1. The van der Waals surface area contributed by atoms with Crippen LogP contribution in [0.4, 0.5) is 5.69 Å². The highest BCUT2D eigenvalue weighted by atomic mass is 16.5. The van der Waals surface area contributed by atoms with E-state index in [2.05, 4.69) is 17.2 Å². The van der Waals surface area contributed by atoms with Crippen molar-refractivity contribution in [3.63, 3.8) is 0 Å². The first-order valence-electron chi connectivity index (χ1n) is 8.51. The molecule has 2 fully saturated rings. The Kier molecular flexibility index (Phi) is 4.81. The van der Waals surface area contributed by atoms with Gasteiger partial charge < -0.3 is 20.5 Å². The summed E-state index contributed by atoms with van der Waals surface area (Å²) in [5, 5.41) is 15.3. The highest BCUT2D eigenvalue weighted by Crippen LogP contribution is 2.52.